The second-order valence-electron chi connectivity index (χ2n) is 5.27. The van der Waals surface area contributed by atoms with Crippen LogP contribution in [0.15, 0.2) is 29.2 Å². The maximum absolute atomic E-state index is 11.4. The molecule has 0 spiro atoms. The zero-order valence-corrected chi connectivity index (χ0v) is 13.5. The van der Waals surface area contributed by atoms with Gasteiger partial charge in [0, 0.05) is 18.8 Å². The van der Waals surface area contributed by atoms with E-state index >= 15 is 0 Å². The third-order valence-electron chi connectivity index (χ3n) is 3.06. The van der Waals surface area contributed by atoms with E-state index in [4.69, 9.17) is 4.74 Å². The zero-order chi connectivity index (χ0) is 15.2. The first-order valence-corrected chi connectivity index (χ1v) is 8.92. The lowest BCUT2D eigenvalue weighted by atomic mass is 10.2. The highest BCUT2D eigenvalue weighted by Crippen LogP contribution is 2.16. The van der Waals surface area contributed by atoms with Gasteiger partial charge in [-0.3, -0.25) is 0 Å². The van der Waals surface area contributed by atoms with E-state index in [1.165, 1.54) is 6.26 Å². The first kappa shape index (κ1) is 17.0. The van der Waals surface area contributed by atoms with Gasteiger partial charge in [-0.25, -0.2) is 8.42 Å². The molecule has 0 aromatic heterocycles. The Morgan fingerprint density at radius 3 is 2.30 bits per heavy atom. The van der Waals surface area contributed by atoms with Crippen molar-refractivity contribution in [1.82, 2.24) is 5.32 Å². The fraction of sp³-hybridized carbons (Fsp3) is 0.600. The Morgan fingerprint density at radius 2 is 1.80 bits per heavy atom. The van der Waals surface area contributed by atoms with Crippen molar-refractivity contribution in [2.45, 2.75) is 50.7 Å². The predicted molar refractivity (Wildman–Crippen MR) is 82.0 cm³/mol. The summed E-state index contributed by atoms with van der Waals surface area (Å²) in [5.74, 6) is 0.690. The topological polar surface area (TPSA) is 55.4 Å². The van der Waals surface area contributed by atoms with Crippen molar-refractivity contribution in [3.8, 4) is 5.75 Å². The normalized spacial score (nSPS) is 14.8. The standard InChI is InChI=1S/C15H25NO3S/c1-5-6-12(2)16-11-13(3)19-14-7-9-15(10-8-14)20(4,17)18/h7-10,12-13,16H,5-6,11H2,1-4H3. The first-order valence-electron chi connectivity index (χ1n) is 7.03. The van der Waals surface area contributed by atoms with Crippen LogP contribution in [0.25, 0.3) is 0 Å². The molecule has 0 bridgehead atoms. The third-order valence-corrected chi connectivity index (χ3v) is 4.19. The van der Waals surface area contributed by atoms with Gasteiger partial charge in [0.2, 0.25) is 0 Å². The Balaban J connectivity index is 2.48. The third kappa shape index (κ3) is 5.92. The van der Waals surface area contributed by atoms with Crippen molar-refractivity contribution in [3.63, 3.8) is 0 Å². The molecule has 4 nitrogen and oxygen atoms in total. The molecule has 0 aliphatic carbocycles. The molecule has 2 atom stereocenters. The Kier molecular flexibility index (Phi) is 6.49. The van der Waals surface area contributed by atoms with Gasteiger partial charge in [0.05, 0.1) is 4.90 Å². The van der Waals surface area contributed by atoms with Crippen molar-refractivity contribution in [1.29, 1.82) is 0 Å². The van der Waals surface area contributed by atoms with E-state index in [0.717, 1.165) is 19.4 Å². The van der Waals surface area contributed by atoms with Gasteiger partial charge in [0.15, 0.2) is 9.84 Å². The lowest BCUT2D eigenvalue weighted by Crippen LogP contribution is -2.34. The second kappa shape index (κ2) is 7.64. The highest BCUT2D eigenvalue weighted by atomic mass is 32.2. The van der Waals surface area contributed by atoms with Crippen LogP contribution in [0.2, 0.25) is 0 Å². The molecule has 2 unspecified atom stereocenters. The number of sulfone groups is 1. The van der Waals surface area contributed by atoms with Crippen molar-refractivity contribution in [2.24, 2.45) is 0 Å². The minimum atomic E-state index is -3.14. The molecule has 0 heterocycles. The number of rotatable bonds is 8. The summed E-state index contributed by atoms with van der Waals surface area (Å²) in [5, 5.41) is 3.42. The summed E-state index contributed by atoms with van der Waals surface area (Å²) >= 11 is 0. The van der Waals surface area contributed by atoms with Gasteiger partial charge in [0.1, 0.15) is 11.9 Å². The van der Waals surface area contributed by atoms with E-state index < -0.39 is 9.84 Å². The molecule has 1 aromatic rings. The van der Waals surface area contributed by atoms with Gasteiger partial charge < -0.3 is 10.1 Å². The molecule has 0 saturated carbocycles. The molecule has 20 heavy (non-hydrogen) atoms. The highest BCUT2D eigenvalue weighted by molar-refractivity contribution is 7.90. The smallest absolute Gasteiger partial charge is 0.175 e. The average molecular weight is 299 g/mol. The average Bonchev–Trinajstić information content (AvgIpc) is 2.36. The number of hydrogen-bond donors (Lipinski definition) is 1. The summed E-state index contributed by atoms with van der Waals surface area (Å²) in [4.78, 5) is 0.312. The lowest BCUT2D eigenvalue weighted by Gasteiger charge is -2.19. The minimum absolute atomic E-state index is 0.0402. The van der Waals surface area contributed by atoms with Crippen LogP contribution >= 0.6 is 0 Å². The molecule has 5 heteroatoms. The van der Waals surface area contributed by atoms with E-state index in [-0.39, 0.29) is 6.10 Å². The fourth-order valence-corrected chi connectivity index (χ4v) is 2.57. The number of nitrogens with one attached hydrogen (secondary N) is 1. The summed E-state index contributed by atoms with van der Waals surface area (Å²) < 4.78 is 28.5. The molecule has 0 saturated heterocycles. The van der Waals surface area contributed by atoms with Gasteiger partial charge in [-0.15, -0.1) is 0 Å². The Hall–Kier alpha value is -1.07. The van der Waals surface area contributed by atoms with Gasteiger partial charge in [-0.1, -0.05) is 13.3 Å². The van der Waals surface area contributed by atoms with Crippen molar-refractivity contribution in [2.75, 3.05) is 12.8 Å². The van der Waals surface area contributed by atoms with Crippen LogP contribution in [0.3, 0.4) is 0 Å². The molecule has 0 radical (unpaired) electrons. The molecular formula is C15H25NO3S. The van der Waals surface area contributed by atoms with E-state index in [1.54, 1.807) is 24.3 Å². The molecule has 0 amide bonds. The Bertz CT molecular complexity index is 496. The van der Waals surface area contributed by atoms with Gasteiger partial charge in [0.25, 0.3) is 0 Å². The van der Waals surface area contributed by atoms with Gasteiger partial charge >= 0.3 is 0 Å². The largest absolute Gasteiger partial charge is 0.489 e. The zero-order valence-electron chi connectivity index (χ0n) is 12.7. The van der Waals surface area contributed by atoms with Gasteiger partial charge in [-0.2, -0.15) is 0 Å². The maximum atomic E-state index is 11.4. The number of ether oxygens (including phenoxy) is 1. The number of hydrogen-bond acceptors (Lipinski definition) is 4. The quantitative estimate of drug-likeness (QED) is 0.802. The molecule has 1 N–H and O–H groups in total. The van der Waals surface area contributed by atoms with Crippen LogP contribution < -0.4 is 10.1 Å². The molecule has 0 aliphatic rings. The van der Waals surface area contributed by atoms with Crippen LogP contribution in [-0.4, -0.2) is 33.4 Å². The SMILES string of the molecule is CCCC(C)NCC(C)Oc1ccc(S(C)(=O)=O)cc1. The monoisotopic (exact) mass is 299 g/mol. The molecule has 114 valence electrons. The summed E-state index contributed by atoms with van der Waals surface area (Å²) in [6, 6.07) is 7.03. The highest BCUT2D eigenvalue weighted by Gasteiger charge is 2.09. The van der Waals surface area contributed by atoms with E-state index in [1.807, 2.05) is 6.92 Å². The van der Waals surface area contributed by atoms with E-state index in [2.05, 4.69) is 19.2 Å². The lowest BCUT2D eigenvalue weighted by molar-refractivity contribution is 0.211. The minimum Gasteiger partial charge on any atom is -0.489 e. The maximum Gasteiger partial charge on any atom is 0.175 e. The summed E-state index contributed by atoms with van der Waals surface area (Å²) in [6.45, 7) is 7.10. The van der Waals surface area contributed by atoms with E-state index in [9.17, 15) is 8.42 Å². The summed E-state index contributed by atoms with van der Waals surface area (Å²) in [6.07, 6.45) is 3.55. The first-order chi connectivity index (χ1) is 9.32. The van der Waals surface area contributed by atoms with Gasteiger partial charge in [-0.05, 0) is 44.5 Å². The molecule has 0 aliphatic heterocycles. The van der Waals surface area contributed by atoms with Crippen LogP contribution in [0, 0.1) is 0 Å². The van der Waals surface area contributed by atoms with Crippen molar-refractivity contribution in [3.05, 3.63) is 24.3 Å². The Morgan fingerprint density at radius 1 is 1.20 bits per heavy atom. The fourth-order valence-electron chi connectivity index (χ4n) is 1.94. The predicted octanol–water partition coefficient (Wildman–Crippen LogP) is 2.64. The molecule has 0 fully saturated rings. The van der Waals surface area contributed by atoms with E-state index in [0.29, 0.717) is 16.7 Å². The van der Waals surface area contributed by atoms with Crippen LogP contribution in [0.5, 0.6) is 5.75 Å². The molecule has 1 aromatic carbocycles. The second-order valence-corrected chi connectivity index (χ2v) is 7.29. The van der Waals surface area contributed by atoms with Crippen molar-refractivity contribution < 1.29 is 13.2 Å². The van der Waals surface area contributed by atoms with Crippen molar-refractivity contribution >= 4 is 9.84 Å². The molecule has 1 rings (SSSR count). The number of benzene rings is 1. The summed E-state index contributed by atoms with van der Waals surface area (Å²) in [5.41, 5.74) is 0. The molecular weight excluding hydrogens is 274 g/mol. The summed E-state index contributed by atoms with van der Waals surface area (Å²) in [7, 11) is -3.14. The van der Waals surface area contributed by atoms with Crippen LogP contribution in [-0.2, 0) is 9.84 Å². The van der Waals surface area contributed by atoms with Crippen LogP contribution in [0.1, 0.15) is 33.6 Å². The van der Waals surface area contributed by atoms with Crippen LogP contribution in [0.4, 0.5) is 0 Å². The Labute approximate surface area is 122 Å².